The fourth-order valence-electron chi connectivity index (χ4n) is 3.65. The van der Waals surface area contributed by atoms with Crippen LogP contribution in [0.15, 0.2) is 60.8 Å². The number of aryl methyl sites for hydroxylation is 1. The average molecular weight is 436 g/mol. The Balaban J connectivity index is 1.73. The van der Waals surface area contributed by atoms with Crippen molar-refractivity contribution in [3.05, 3.63) is 95.2 Å². The summed E-state index contributed by atoms with van der Waals surface area (Å²) in [6.45, 7) is 9.07. The smallest absolute Gasteiger partial charge is 0.269 e. The molecule has 8 nitrogen and oxygen atoms in total. The number of nitrogens with zero attached hydrogens (tertiary/aromatic N) is 7. The zero-order chi connectivity index (χ0) is 22.9. The Kier molecular flexibility index (Phi) is 4.95. The van der Waals surface area contributed by atoms with Gasteiger partial charge in [-0.25, -0.2) is 14.4 Å². The Hall–Kier alpha value is -4.71. The molecule has 0 aliphatic rings. The van der Waals surface area contributed by atoms with Crippen molar-refractivity contribution in [1.82, 2.24) is 29.5 Å². The van der Waals surface area contributed by atoms with Crippen LogP contribution in [0, 0.1) is 19.3 Å². The number of fused-ring (bicyclic) bond motifs is 1. The van der Waals surface area contributed by atoms with Crippen molar-refractivity contribution in [2.24, 2.45) is 0 Å². The summed E-state index contributed by atoms with van der Waals surface area (Å²) in [5, 5.41) is 4.55. The van der Waals surface area contributed by atoms with Gasteiger partial charge in [0.1, 0.15) is 11.5 Å². The van der Waals surface area contributed by atoms with Crippen molar-refractivity contribution in [1.29, 1.82) is 0 Å². The monoisotopic (exact) mass is 436 g/mol. The van der Waals surface area contributed by atoms with Gasteiger partial charge >= 0.3 is 0 Å². The van der Waals surface area contributed by atoms with Crippen molar-refractivity contribution in [3.63, 3.8) is 0 Å². The Labute approximate surface area is 188 Å². The first-order chi connectivity index (χ1) is 16.0. The third-order valence-corrected chi connectivity index (χ3v) is 5.10. The molecule has 160 valence electrons. The van der Waals surface area contributed by atoms with Crippen LogP contribution in [0.1, 0.15) is 17.2 Å². The van der Waals surface area contributed by atoms with Crippen molar-refractivity contribution in [2.75, 3.05) is 5.73 Å². The number of pyridine rings is 2. The van der Waals surface area contributed by atoms with Crippen LogP contribution in [0.4, 0.5) is 16.2 Å². The van der Waals surface area contributed by atoms with Gasteiger partial charge in [0.15, 0.2) is 11.5 Å². The normalized spacial score (nSPS) is 10.9. The molecule has 0 saturated carbocycles. The number of nitrogens with two attached hydrogens (primary N) is 1. The molecule has 33 heavy (non-hydrogen) atoms. The van der Waals surface area contributed by atoms with E-state index in [1.165, 1.54) is 16.6 Å². The van der Waals surface area contributed by atoms with E-state index in [-0.39, 0.29) is 11.8 Å². The minimum atomic E-state index is -0.340. The molecule has 0 atom stereocenters. The van der Waals surface area contributed by atoms with Crippen LogP contribution in [-0.2, 0) is 6.42 Å². The molecule has 0 bridgehead atoms. The first-order valence-corrected chi connectivity index (χ1v) is 10.1. The van der Waals surface area contributed by atoms with Gasteiger partial charge < -0.3 is 10.6 Å². The second-order valence-corrected chi connectivity index (χ2v) is 7.43. The van der Waals surface area contributed by atoms with E-state index in [2.05, 4.69) is 24.9 Å². The van der Waals surface area contributed by atoms with E-state index in [4.69, 9.17) is 17.3 Å². The predicted octanol–water partition coefficient (Wildman–Crippen LogP) is 4.42. The molecule has 0 fully saturated rings. The SMILES string of the molecule is [C-]#[N+]c1cccc(Cc2nc3c(-c4ccnc(C)c4)c(-c4ccc(F)cc4)nc(N)n3n2)n1. The molecule has 4 heterocycles. The Morgan fingerprint density at radius 2 is 1.85 bits per heavy atom. The van der Waals surface area contributed by atoms with Gasteiger partial charge in [-0.1, -0.05) is 12.6 Å². The lowest BCUT2D eigenvalue weighted by Crippen LogP contribution is -2.06. The lowest BCUT2D eigenvalue weighted by atomic mass is 10.0. The maximum atomic E-state index is 13.6. The minimum absolute atomic E-state index is 0.153. The van der Waals surface area contributed by atoms with Crippen LogP contribution >= 0.6 is 0 Å². The second-order valence-electron chi connectivity index (χ2n) is 7.43. The number of hydrogen-bond acceptors (Lipinski definition) is 6. The third-order valence-electron chi connectivity index (χ3n) is 5.10. The Morgan fingerprint density at radius 3 is 2.61 bits per heavy atom. The molecule has 0 saturated heterocycles. The molecular weight excluding hydrogens is 419 g/mol. The molecule has 0 spiro atoms. The van der Waals surface area contributed by atoms with Crippen molar-refractivity contribution in [2.45, 2.75) is 13.3 Å². The minimum Gasteiger partial charge on any atom is -0.368 e. The lowest BCUT2D eigenvalue weighted by Gasteiger charge is -2.12. The summed E-state index contributed by atoms with van der Waals surface area (Å²) >= 11 is 0. The topological polar surface area (TPSA) is 99.2 Å². The number of hydrogen-bond donors (Lipinski definition) is 1. The summed E-state index contributed by atoms with van der Waals surface area (Å²) in [4.78, 5) is 21.3. The standard InChI is InChI=1S/C24H17FN8/c1-14-12-16(10-11-28-14)21-22(15-6-8-17(25)9-7-15)31-24(26)33-23(21)30-20(32-33)13-18-4-3-5-19(27-2)29-18/h3-12H,13H2,1H3,(H2,26,31). The Morgan fingerprint density at radius 1 is 1.03 bits per heavy atom. The fraction of sp³-hybridized carbons (Fsp3) is 0.0833. The molecule has 0 amide bonds. The maximum absolute atomic E-state index is 13.6. The summed E-state index contributed by atoms with van der Waals surface area (Å²) in [6, 6.07) is 15.1. The zero-order valence-electron chi connectivity index (χ0n) is 17.6. The van der Waals surface area contributed by atoms with Gasteiger partial charge in [0.05, 0.1) is 17.7 Å². The van der Waals surface area contributed by atoms with Gasteiger partial charge in [-0.3, -0.25) is 4.98 Å². The molecule has 0 radical (unpaired) electrons. The highest BCUT2D eigenvalue weighted by atomic mass is 19.1. The first kappa shape index (κ1) is 20.2. The second kappa shape index (κ2) is 8.09. The Bertz CT molecular complexity index is 1530. The molecule has 1 aromatic carbocycles. The van der Waals surface area contributed by atoms with E-state index in [1.54, 1.807) is 30.5 Å². The largest absolute Gasteiger partial charge is 0.368 e. The molecular formula is C24H17FN8. The number of nitrogen functional groups attached to an aromatic ring is 1. The van der Waals surface area contributed by atoms with E-state index in [0.29, 0.717) is 46.2 Å². The van der Waals surface area contributed by atoms with Crippen LogP contribution in [0.3, 0.4) is 0 Å². The van der Waals surface area contributed by atoms with Crippen LogP contribution in [0.25, 0.3) is 32.9 Å². The van der Waals surface area contributed by atoms with Gasteiger partial charge in [0, 0.05) is 17.5 Å². The summed E-state index contributed by atoms with van der Waals surface area (Å²) < 4.78 is 15.1. The molecule has 2 N–H and O–H groups in total. The molecule has 0 aliphatic heterocycles. The molecule has 0 unspecified atom stereocenters. The third kappa shape index (κ3) is 3.85. The van der Waals surface area contributed by atoms with Crippen molar-refractivity contribution < 1.29 is 4.39 Å². The van der Waals surface area contributed by atoms with Crippen LogP contribution < -0.4 is 5.73 Å². The van der Waals surface area contributed by atoms with E-state index >= 15 is 0 Å². The van der Waals surface area contributed by atoms with Crippen molar-refractivity contribution >= 4 is 17.4 Å². The molecule has 4 aromatic heterocycles. The molecule has 5 aromatic rings. The van der Waals surface area contributed by atoms with Gasteiger partial charge in [0.2, 0.25) is 5.95 Å². The van der Waals surface area contributed by atoms with E-state index < -0.39 is 0 Å². The van der Waals surface area contributed by atoms with Gasteiger partial charge in [-0.2, -0.15) is 4.52 Å². The van der Waals surface area contributed by atoms with Gasteiger partial charge in [0.25, 0.3) is 5.82 Å². The maximum Gasteiger partial charge on any atom is 0.269 e. The summed E-state index contributed by atoms with van der Waals surface area (Å²) in [5.74, 6) is 0.610. The van der Waals surface area contributed by atoms with Gasteiger partial charge in [-0.15, -0.1) is 10.1 Å². The highest BCUT2D eigenvalue weighted by molar-refractivity contribution is 5.90. The average Bonchev–Trinajstić information content (AvgIpc) is 3.23. The molecule has 9 heteroatoms. The zero-order valence-corrected chi connectivity index (χ0v) is 17.6. The summed E-state index contributed by atoms with van der Waals surface area (Å²) in [7, 11) is 0. The van der Waals surface area contributed by atoms with Crippen LogP contribution in [0.5, 0.6) is 0 Å². The summed E-state index contributed by atoms with van der Waals surface area (Å²) in [6.07, 6.45) is 2.04. The fourth-order valence-corrected chi connectivity index (χ4v) is 3.65. The highest BCUT2D eigenvalue weighted by Gasteiger charge is 2.21. The number of anilines is 1. The number of rotatable bonds is 4. The summed E-state index contributed by atoms with van der Waals surface area (Å²) in [5.41, 5.74) is 11.1. The van der Waals surface area contributed by atoms with E-state index in [1.807, 2.05) is 25.1 Å². The van der Waals surface area contributed by atoms with E-state index in [9.17, 15) is 4.39 Å². The van der Waals surface area contributed by atoms with Gasteiger partial charge in [-0.05, 0) is 61.0 Å². The lowest BCUT2D eigenvalue weighted by molar-refractivity contribution is 0.628. The molecule has 5 rings (SSSR count). The van der Waals surface area contributed by atoms with Crippen LogP contribution in [0.2, 0.25) is 0 Å². The number of aromatic nitrogens is 6. The van der Waals surface area contributed by atoms with Crippen LogP contribution in [-0.4, -0.2) is 29.5 Å². The number of benzene rings is 1. The van der Waals surface area contributed by atoms with Crippen molar-refractivity contribution in [3.8, 4) is 22.4 Å². The quantitative estimate of drug-likeness (QED) is 0.419. The highest BCUT2D eigenvalue weighted by Crippen LogP contribution is 2.35. The van der Waals surface area contributed by atoms with E-state index in [0.717, 1.165) is 11.3 Å². The molecule has 0 aliphatic carbocycles. The number of halogens is 1. The first-order valence-electron chi connectivity index (χ1n) is 10.1. The predicted molar refractivity (Wildman–Crippen MR) is 122 cm³/mol.